The molecule has 0 amide bonds. The highest BCUT2D eigenvalue weighted by molar-refractivity contribution is 5.74. The molecule has 2 aliphatic rings. The Morgan fingerprint density at radius 2 is 2.32 bits per heavy atom. The molecule has 5 atom stereocenters. The van der Waals surface area contributed by atoms with Crippen molar-refractivity contribution in [1.82, 2.24) is 15.5 Å². The van der Waals surface area contributed by atoms with Crippen LogP contribution < -0.4 is 16.4 Å². The standard InChI is InChI=1S/C16H30N8O/c1-5-9(2)14-22-12(7-21-23-19)11(6-20-15(17)18)16(4)13(25)10(3)8-24(14)16/h10-13,22,25H,5-8H2,1-4H3,(H4,17,18,20)/b14-9+/t10-,11+,12?,13?,16+/m1/s1. The van der Waals surface area contributed by atoms with Gasteiger partial charge in [0.1, 0.15) is 5.82 Å². The third-order valence-electron chi connectivity index (χ3n) is 5.81. The summed E-state index contributed by atoms with van der Waals surface area (Å²) < 4.78 is 0. The SMILES string of the molecule is CC/C(C)=C1\NC(CN=[N+]=[N-])[C@H](CNC(=N)N)[C@@]2(C)C(O)[C@H](C)CN12. The van der Waals surface area contributed by atoms with E-state index in [0.717, 1.165) is 18.8 Å². The molecule has 2 aliphatic heterocycles. The van der Waals surface area contributed by atoms with Crippen LogP contribution in [0.1, 0.15) is 34.1 Å². The van der Waals surface area contributed by atoms with Crippen molar-refractivity contribution in [2.75, 3.05) is 19.6 Å². The summed E-state index contributed by atoms with van der Waals surface area (Å²) >= 11 is 0. The van der Waals surface area contributed by atoms with E-state index in [1.807, 2.05) is 6.92 Å². The molecule has 0 bridgehead atoms. The molecule has 6 N–H and O–H groups in total. The van der Waals surface area contributed by atoms with Crippen molar-refractivity contribution < 1.29 is 5.11 Å². The summed E-state index contributed by atoms with van der Waals surface area (Å²) in [6, 6.07) is -0.152. The van der Waals surface area contributed by atoms with Crippen LogP contribution >= 0.6 is 0 Å². The van der Waals surface area contributed by atoms with Crippen LogP contribution in [0, 0.1) is 17.2 Å². The van der Waals surface area contributed by atoms with Crippen molar-refractivity contribution in [1.29, 1.82) is 5.41 Å². The zero-order valence-electron chi connectivity index (χ0n) is 15.5. The van der Waals surface area contributed by atoms with Crippen LogP contribution in [-0.2, 0) is 0 Å². The van der Waals surface area contributed by atoms with Crippen LogP contribution in [0.3, 0.4) is 0 Å². The number of azide groups is 1. The Balaban J connectivity index is 2.49. The first-order chi connectivity index (χ1) is 11.8. The fourth-order valence-electron chi connectivity index (χ4n) is 4.22. The minimum Gasteiger partial charge on any atom is -0.390 e. The highest BCUT2D eigenvalue weighted by Gasteiger charge is 2.58. The quantitative estimate of drug-likeness (QED) is 0.165. The second-order valence-corrected chi connectivity index (χ2v) is 7.31. The number of rotatable bonds is 5. The molecule has 0 aromatic carbocycles. The molecule has 0 radical (unpaired) electrons. The number of hydrogen-bond acceptors (Lipinski definition) is 5. The summed E-state index contributed by atoms with van der Waals surface area (Å²) in [5.74, 6) is 0.940. The number of nitrogens with two attached hydrogens (primary N) is 1. The van der Waals surface area contributed by atoms with Gasteiger partial charge in [0.2, 0.25) is 0 Å². The Kier molecular flexibility index (Phi) is 5.69. The predicted octanol–water partition coefficient (Wildman–Crippen LogP) is 1.08. The Bertz CT molecular complexity index is 599. The first-order valence-corrected chi connectivity index (χ1v) is 8.78. The minimum atomic E-state index is -0.533. The van der Waals surface area contributed by atoms with E-state index in [1.54, 1.807) is 0 Å². The van der Waals surface area contributed by atoms with Gasteiger partial charge in [-0.05, 0) is 31.4 Å². The fraction of sp³-hybridized carbons (Fsp3) is 0.812. The Labute approximate surface area is 148 Å². The van der Waals surface area contributed by atoms with Gasteiger partial charge in [-0.15, -0.1) is 0 Å². The second-order valence-electron chi connectivity index (χ2n) is 7.31. The first kappa shape index (κ1) is 19.2. The maximum atomic E-state index is 11.0. The van der Waals surface area contributed by atoms with Crippen molar-refractivity contribution in [3.8, 4) is 0 Å². The molecule has 9 nitrogen and oxygen atoms in total. The molecule has 9 heteroatoms. The zero-order valence-corrected chi connectivity index (χ0v) is 15.5. The van der Waals surface area contributed by atoms with E-state index in [2.05, 4.69) is 46.3 Å². The topological polar surface area (TPSA) is 146 Å². The van der Waals surface area contributed by atoms with Gasteiger partial charge < -0.3 is 26.4 Å². The summed E-state index contributed by atoms with van der Waals surface area (Å²) in [7, 11) is 0. The predicted molar refractivity (Wildman–Crippen MR) is 97.6 cm³/mol. The van der Waals surface area contributed by atoms with Crippen LogP contribution in [0.25, 0.3) is 10.4 Å². The highest BCUT2D eigenvalue weighted by Crippen LogP contribution is 2.45. The summed E-state index contributed by atoms with van der Waals surface area (Å²) in [5, 5.41) is 28.6. The van der Waals surface area contributed by atoms with Crippen LogP contribution in [0.4, 0.5) is 0 Å². The summed E-state index contributed by atoms with van der Waals surface area (Å²) in [5.41, 5.74) is 14.9. The third kappa shape index (κ3) is 3.34. The number of guanidine groups is 1. The van der Waals surface area contributed by atoms with Gasteiger partial charge in [0, 0.05) is 42.4 Å². The minimum absolute atomic E-state index is 0.0877. The second kappa shape index (κ2) is 7.41. The van der Waals surface area contributed by atoms with Gasteiger partial charge in [0.15, 0.2) is 5.96 Å². The molecule has 140 valence electrons. The normalized spacial score (nSPS) is 36.1. The van der Waals surface area contributed by atoms with E-state index in [0.29, 0.717) is 6.54 Å². The highest BCUT2D eigenvalue weighted by atomic mass is 16.3. The van der Waals surface area contributed by atoms with Crippen molar-refractivity contribution >= 4 is 5.96 Å². The number of nitrogens with one attached hydrogen (secondary N) is 3. The molecule has 25 heavy (non-hydrogen) atoms. The van der Waals surface area contributed by atoms with Gasteiger partial charge >= 0.3 is 0 Å². The smallest absolute Gasteiger partial charge is 0.185 e. The maximum absolute atomic E-state index is 11.0. The number of fused-ring (bicyclic) bond motifs is 1. The van der Waals surface area contributed by atoms with E-state index < -0.39 is 11.6 Å². The van der Waals surface area contributed by atoms with Gasteiger partial charge in [0.05, 0.1) is 11.6 Å². The lowest BCUT2D eigenvalue weighted by molar-refractivity contribution is -0.0312. The molecule has 2 fully saturated rings. The number of hydrogen-bond donors (Lipinski definition) is 5. The average Bonchev–Trinajstić information content (AvgIpc) is 2.81. The molecule has 2 rings (SSSR count). The number of aliphatic hydroxyl groups is 1. The average molecular weight is 350 g/mol. The summed E-state index contributed by atoms with van der Waals surface area (Å²) in [6.45, 7) is 9.72. The Morgan fingerprint density at radius 3 is 2.88 bits per heavy atom. The number of allylic oxidation sites excluding steroid dienone is 1. The van der Waals surface area contributed by atoms with E-state index >= 15 is 0 Å². The van der Waals surface area contributed by atoms with Gasteiger partial charge in [0.25, 0.3) is 0 Å². The van der Waals surface area contributed by atoms with E-state index in [-0.39, 0.29) is 30.4 Å². The van der Waals surface area contributed by atoms with E-state index in [9.17, 15) is 5.11 Å². The molecule has 0 spiro atoms. The van der Waals surface area contributed by atoms with Gasteiger partial charge in [-0.3, -0.25) is 5.41 Å². The van der Waals surface area contributed by atoms with E-state index in [1.165, 1.54) is 5.57 Å². The molecule has 2 saturated heterocycles. The van der Waals surface area contributed by atoms with Crippen molar-refractivity contribution in [3.63, 3.8) is 0 Å². The lowest BCUT2D eigenvalue weighted by Gasteiger charge is -2.54. The fourth-order valence-corrected chi connectivity index (χ4v) is 4.22. The molecular formula is C16H30N8O. The third-order valence-corrected chi connectivity index (χ3v) is 5.81. The van der Waals surface area contributed by atoms with Gasteiger partial charge in [-0.25, -0.2) is 0 Å². The molecule has 0 aromatic rings. The maximum Gasteiger partial charge on any atom is 0.185 e. The largest absolute Gasteiger partial charge is 0.390 e. The lowest BCUT2D eigenvalue weighted by Crippen LogP contribution is -2.68. The van der Waals surface area contributed by atoms with Crippen molar-refractivity contribution in [3.05, 3.63) is 21.8 Å². The van der Waals surface area contributed by atoms with E-state index in [4.69, 9.17) is 16.7 Å². The summed E-state index contributed by atoms with van der Waals surface area (Å²) in [4.78, 5) is 5.15. The van der Waals surface area contributed by atoms with Gasteiger partial charge in [-0.1, -0.05) is 19.0 Å². The zero-order chi connectivity index (χ0) is 18.8. The van der Waals surface area contributed by atoms with Crippen LogP contribution in [-0.4, -0.2) is 53.3 Å². The molecular weight excluding hydrogens is 320 g/mol. The molecule has 2 unspecified atom stereocenters. The number of nitrogens with zero attached hydrogens (tertiary/aromatic N) is 4. The van der Waals surface area contributed by atoms with Crippen LogP contribution in [0.2, 0.25) is 0 Å². The van der Waals surface area contributed by atoms with Crippen molar-refractivity contribution in [2.24, 2.45) is 22.7 Å². The van der Waals surface area contributed by atoms with Gasteiger partial charge in [-0.2, -0.15) is 0 Å². The number of aliphatic hydroxyl groups excluding tert-OH is 1. The lowest BCUT2D eigenvalue weighted by atomic mass is 9.73. The van der Waals surface area contributed by atoms with Crippen LogP contribution in [0.5, 0.6) is 0 Å². The Hall–Kier alpha value is -2.12. The molecule has 0 aliphatic carbocycles. The molecule has 2 heterocycles. The van der Waals surface area contributed by atoms with Crippen LogP contribution in [0.15, 0.2) is 16.5 Å². The summed E-state index contributed by atoms with van der Waals surface area (Å²) in [6.07, 6.45) is 0.367. The Morgan fingerprint density at radius 1 is 1.64 bits per heavy atom. The molecule has 0 aromatic heterocycles. The monoisotopic (exact) mass is 350 g/mol. The van der Waals surface area contributed by atoms with Crippen molar-refractivity contribution in [2.45, 2.75) is 51.8 Å². The molecule has 0 saturated carbocycles. The first-order valence-electron chi connectivity index (χ1n) is 8.78.